The van der Waals surface area contributed by atoms with Crippen LogP contribution < -0.4 is 5.32 Å². The normalized spacial score (nSPS) is 17.1. The van der Waals surface area contributed by atoms with Crippen LogP contribution in [-0.2, 0) is 16.1 Å². The molecule has 0 aromatic carbocycles. The maximum absolute atomic E-state index is 11.8. The second-order valence-electron chi connectivity index (χ2n) is 4.53. The molecule has 18 heavy (non-hydrogen) atoms. The molecule has 6 nitrogen and oxygen atoms in total. The molecule has 0 aliphatic carbocycles. The molecule has 0 atom stereocenters. The minimum absolute atomic E-state index is 0.127. The Balaban J connectivity index is 2.07. The Morgan fingerprint density at radius 2 is 1.94 bits per heavy atom. The van der Waals surface area contributed by atoms with Gasteiger partial charge in [0.15, 0.2) is 0 Å². The van der Waals surface area contributed by atoms with Gasteiger partial charge in [0, 0.05) is 19.9 Å². The van der Waals surface area contributed by atoms with Gasteiger partial charge in [-0.05, 0) is 5.92 Å². The lowest BCUT2D eigenvalue weighted by Gasteiger charge is -2.27. The molecule has 0 radical (unpaired) electrons. The van der Waals surface area contributed by atoms with Crippen molar-refractivity contribution in [2.75, 3.05) is 12.4 Å². The molecular weight excluding hydrogens is 232 g/mol. The molecule has 1 aromatic heterocycles. The maximum Gasteiger partial charge on any atom is 0.229 e. The van der Waals surface area contributed by atoms with Crippen molar-refractivity contribution in [1.29, 1.82) is 0 Å². The number of nitrogens with zero attached hydrogens (tertiary/aromatic N) is 3. The van der Waals surface area contributed by atoms with E-state index in [2.05, 4.69) is 15.3 Å². The first-order chi connectivity index (χ1) is 8.60. The van der Waals surface area contributed by atoms with Crippen molar-refractivity contribution in [2.45, 2.75) is 26.3 Å². The van der Waals surface area contributed by atoms with Gasteiger partial charge in [-0.2, -0.15) is 0 Å². The van der Waals surface area contributed by atoms with Crippen LogP contribution in [0, 0.1) is 5.92 Å². The van der Waals surface area contributed by atoms with Crippen molar-refractivity contribution >= 4 is 17.6 Å². The second-order valence-corrected chi connectivity index (χ2v) is 4.53. The molecule has 2 heterocycles. The van der Waals surface area contributed by atoms with Crippen LogP contribution in [-0.4, -0.2) is 33.7 Å². The summed E-state index contributed by atoms with van der Waals surface area (Å²) in [6.45, 7) is 2.12. The van der Waals surface area contributed by atoms with E-state index in [0.29, 0.717) is 24.4 Å². The van der Waals surface area contributed by atoms with Crippen molar-refractivity contribution in [1.82, 2.24) is 14.9 Å². The molecule has 1 saturated heterocycles. The highest BCUT2D eigenvalue weighted by atomic mass is 16.2. The number of carbonyl (C=O) groups is 2. The summed E-state index contributed by atoms with van der Waals surface area (Å²) >= 11 is 0. The Kier molecular flexibility index (Phi) is 3.55. The molecule has 2 amide bonds. The van der Waals surface area contributed by atoms with Crippen molar-refractivity contribution in [3.8, 4) is 0 Å². The van der Waals surface area contributed by atoms with Crippen LogP contribution in [0.5, 0.6) is 0 Å². The average molecular weight is 248 g/mol. The van der Waals surface area contributed by atoms with Gasteiger partial charge in [-0.3, -0.25) is 19.5 Å². The number of hydrogen-bond donors (Lipinski definition) is 1. The molecule has 6 heteroatoms. The van der Waals surface area contributed by atoms with E-state index < -0.39 is 0 Å². The van der Waals surface area contributed by atoms with Gasteiger partial charge >= 0.3 is 0 Å². The fourth-order valence-electron chi connectivity index (χ4n) is 1.93. The Labute approximate surface area is 105 Å². The summed E-state index contributed by atoms with van der Waals surface area (Å²) in [4.78, 5) is 33.1. The predicted molar refractivity (Wildman–Crippen MR) is 65.5 cm³/mol. The lowest BCUT2D eigenvalue weighted by Crippen LogP contribution is -2.42. The minimum atomic E-state index is -0.127. The third-order valence-corrected chi connectivity index (χ3v) is 2.93. The smallest absolute Gasteiger partial charge is 0.229 e. The summed E-state index contributed by atoms with van der Waals surface area (Å²) in [5.41, 5.74) is 0.616. The molecule has 1 aliphatic rings. The molecule has 96 valence electrons. The lowest BCUT2D eigenvalue weighted by molar-refractivity contribution is -0.150. The van der Waals surface area contributed by atoms with Crippen LogP contribution in [0.4, 0.5) is 5.82 Å². The van der Waals surface area contributed by atoms with Crippen LogP contribution >= 0.6 is 0 Å². The lowest BCUT2D eigenvalue weighted by atomic mass is 9.98. The highest BCUT2D eigenvalue weighted by molar-refractivity contribution is 5.97. The van der Waals surface area contributed by atoms with Gasteiger partial charge in [0.2, 0.25) is 11.8 Å². The fourth-order valence-corrected chi connectivity index (χ4v) is 1.93. The predicted octanol–water partition coefficient (Wildman–Crippen LogP) is 0.803. The first-order valence-corrected chi connectivity index (χ1v) is 5.92. The minimum Gasteiger partial charge on any atom is -0.372 e. The first kappa shape index (κ1) is 12.5. The maximum atomic E-state index is 11.8. The monoisotopic (exact) mass is 248 g/mol. The quantitative estimate of drug-likeness (QED) is 0.801. The largest absolute Gasteiger partial charge is 0.372 e. The Morgan fingerprint density at radius 3 is 2.44 bits per heavy atom. The number of anilines is 1. The van der Waals surface area contributed by atoms with Gasteiger partial charge in [-0.15, -0.1) is 0 Å². The standard InChI is InChI=1S/C12H16N4O2/c1-8-3-11(17)16(12(18)4-8)7-9-5-15-10(13-2)6-14-9/h5-6,8H,3-4,7H2,1-2H3,(H,13,15). The zero-order chi connectivity index (χ0) is 13.1. The molecule has 1 N–H and O–H groups in total. The summed E-state index contributed by atoms with van der Waals surface area (Å²) < 4.78 is 0. The van der Waals surface area contributed by atoms with E-state index in [0.717, 1.165) is 0 Å². The first-order valence-electron chi connectivity index (χ1n) is 5.92. The van der Waals surface area contributed by atoms with E-state index in [-0.39, 0.29) is 24.3 Å². The van der Waals surface area contributed by atoms with Crippen LogP contribution in [0.1, 0.15) is 25.5 Å². The van der Waals surface area contributed by atoms with E-state index in [1.807, 2.05) is 6.92 Å². The third-order valence-electron chi connectivity index (χ3n) is 2.93. The van der Waals surface area contributed by atoms with Crippen molar-refractivity contribution in [2.24, 2.45) is 5.92 Å². The molecule has 1 aliphatic heterocycles. The van der Waals surface area contributed by atoms with Crippen molar-refractivity contribution < 1.29 is 9.59 Å². The van der Waals surface area contributed by atoms with Gasteiger partial charge in [-0.1, -0.05) is 6.92 Å². The van der Waals surface area contributed by atoms with Gasteiger partial charge in [-0.25, -0.2) is 4.98 Å². The van der Waals surface area contributed by atoms with Crippen LogP contribution in [0.2, 0.25) is 0 Å². The summed E-state index contributed by atoms with van der Waals surface area (Å²) in [6.07, 6.45) is 4.00. The third kappa shape index (κ3) is 2.64. The number of imide groups is 1. The summed E-state index contributed by atoms with van der Waals surface area (Å²) in [6, 6.07) is 0. The summed E-state index contributed by atoms with van der Waals surface area (Å²) in [5.74, 6) is 0.541. The molecule has 2 rings (SSSR count). The number of amides is 2. The SMILES string of the molecule is CNc1cnc(CN2C(=O)CC(C)CC2=O)cn1. The van der Waals surface area contributed by atoms with E-state index in [1.54, 1.807) is 19.4 Å². The summed E-state index contributed by atoms with van der Waals surface area (Å²) in [7, 11) is 1.75. The van der Waals surface area contributed by atoms with Gasteiger partial charge in [0.05, 0.1) is 24.6 Å². The Morgan fingerprint density at radius 1 is 1.28 bits per heavy atom. The van der Waals surface area contributed by atoms with E-state index in [4.69, 9.17) is 0 Å². The molecule has 0 unspecified atom stereocenters. The number of rotatable bonds is 3. The number of carbonyl (C=O) groups excluding carboxylic acids is 2. The van der Waals surface area contributed by atoms with Crippen LogP contribution in [0.15, 0.2) is 12.4 Å². The molecule has 1 fully saturated rings. The van der Waals surface area contributed by atoms with Gasteiger partial charge < -0.3 is 5.32 Å². The number of nitrogens with one attached hydrogen (secondary N) is 1. The molecule has 0 bridgehead atoms. The van der Waals surface area contributed by atoms with Crippen molar-refractivity contribution in [3.63, 3.8) is 0 Å². The number of likely N-dealkylation sites (tertiary alicyclic amines) is 1. The molecule has 1 aromatic rings. The second kappa shape index (κ2) is 5.12. The van der Waals surface area contributed by atoms with Gasteiger partial charge in [0.1, 0.15) is 5.82 Å². The highest BCUT2D eigenvalue weighted by Gasteiger charge is 2.30. The van der Waals surface area contributed by atoms with E-state index in [9.17, 15) is 9.59 Å². The van der Waals surface area contributed by atoms with Crippen LogP contribution in [0.25, 0.3) is 0 Å². The highest BCUT2D eigenvalue weighted by Crippen LogP contribution is 2.20. The molecular formula is C12H16N4O2. The number of piperidine rings is 1. The Hall–Kier alpha value is -1.98. The van der Waals surface area contributed by atoms with Crippen LogP contribution in [0.3, 0.4) is 0 Å². The topological polar surface area (TPSA) is 75.2 Å². The van der Waals surface area contributed by atoms with Crippen molar-refractivity contribution in [3.05, 3.63) is 18.1 Å². The Bertz CT molecular complexity index is 440. The van der Waals surface area contributed by atoms with Gasteiger partial charge in [0.25, 0.3) is 0 Å². The fraction of sp³-hybridized carbons (Fsp3) is 0.500. The summed E-state index contributed by atoms with van der Waals surface area (Å²) in [5, 5.41) is 2.86. The average Bonchev–Trinajstić information content (AvgIpc) is 2.34. The van der Waals surface area contributed by atoms with E-state index >= 15 is 0 Å². The molecule has 0 spiro atoms. The number of hydrogen-bond acceptors (Lipinski definition) is 5. The van der Waals surface area contributed by atoms with E-state index in [1.165, 1.54) is 4.90 Å². The number of aromatic nitrogens is 2. The zero-order valence-corrected chi connectivity index (χ0v) is 10.5. The molecule has 0 saturated carbocycles. The zero-order valence-electron chi connectivity index (χ0n) is 10.5.